The molecule has 0 heterocycles. The van der Waals surface area contributed by atoms with Crippen LogP contribution in [0, 0.1) is 0 Å². The van der Waals surface area contributed by atoms with Crippen LogP contribution in [-0.4, -0.2) is 12.6 Å². The molecule has 0 N–H and O–H groups in total. The second-order valence-corrected chi connectivity index (χ2v) is 4.59. The highest BCUT2D eigenvalue weighted by atomic mass is 35.5. The standard InChI is InChI=1S/C17H15ClO2/c1-2-20-17(19)12-16(18)15-10-8-14(9-11-15)13-6-4-3-5-7-13/h3-12H,2H2,1H3. The Morgan fingerprint density at radius 1 is 1.05 bits per heavy atom. The van der Waals surface area contributed by atoms with Gasteiger partial charge in [0.15, 0.2) is 0 Å². The molecule has 3 heteroatoms. The molecule has 2 rings (SSSR count). The maximum atomic E-state index is 11.3. The van der Waals surface area contributed by atoms with Gasteiger partial charge in [-0.15, -0.1) is 0 Å². The number of ether oxygens (including phenoxy) is 1. The van der Waals surface area contributed by atoms with Gasteiger partial charge >= 0.3 is 5.97 Å². The first-order valence-electron chi connectivity index (χ1n) is 6.40. The van der Waals surface area contributed by atoms with Crippen LogP contribution < -0.4 is 0 Å². The van der Waals surface area contributed by atoms with E-state index in [1.165, 1.54) is 6.08 Å². The van der Waals surface area contributed by atoms with Crippen molar-refractivity contribution in [2.24, 2.45) is 0 Å². The number of halogens is 1. The van der Waals surface area contributed by atoms with Crippen molar-refractivity contribution in [3.05, 3.63) is 66.2 Å². The van der Waals surface area contributed by atoms with Gasteiger partial charge in [0.2, 0.25) is 0 Å². The third-order valence-corrected chi connectivity index (χ3v) is 3.13. The van der Waals surface area contributed by atoms with Crippen LogP contribution in [-0.2, 0) is 9.53 Å². The third-order valence-electron chi connectivity index (χ3n) is 2.80. The fourth-order valence-electron chi connectivity index (χ4n) is 1.82. The highest BCUT2D eigenvalue weighted by Crippen LogP contribution is 2.24. The van der Waals surface area contributed by atoms with Crippen molar-refractivity contribution >= 4 is 22.6 Å². The summed E-state index contributed by atoms with van der Waals surface area (Å²) < 4.78 is 4.83. The van der Waals surface area contributed by atoms with Gasteiger partial charge in [0, 0.05) is 6.08 Å². The molecule has 0 aliphatic heterocycles. The molecule has 0 amide bonds. The van der Waals surface area contributed by atoms with Gasteiger partial charge in [0.1, 0.15) is 0 Å². The minimum atomic E-state index is -0.426. The van der Waals surface area contributed by atoms with Crippen molar-refractivity contribution < 1.29 is 9.53 Å². The molecule has 0 fully saturated rings. The van der Waals surface area contributed by atoms with Crippen molar-refractivity contribution in [2.75, 3.05) is 6.61 Å². The molecule has 0 spiro atoms. The van der Waals surface area contributed by atoms with Crippen LogP contribution >= 0.6 is 11.6 Å². The lowest BCUT2D eigenvalue weighted by molar-refractivity contribution is -0.137. The lowest BCUT2D eigenvalue weighted by Gasteiger charge is -2.04. The average Bonchev–Trinajstić information content (AvgIpc) is 2.48. The Hall–Kier alpha value is -2.06. The first-order valence-corrected chi connectivity index (χ1v) is 6.78. The lowest BCUT2D eigenvalue weighted by atomic mass is 10.0. The predicted molar refractivity (Wildman–Crippen MR) is 82.3 cm³/mol. The molecule has 0 radical (unpaired) electrons. The Bertz CT molecular complexity index is 601. The Morgan fingerprint density at radius 2 is 1.65 bits per heavy atom. The van der Waals surface area contributed by atoms with E-state index in [0.717, 1.165) is 16.7 Å². The molecule has 0 unspecified atom stereocenters. The number of hydrogen-bond acceptors (Lipinski definition) is 2. The molecule has 0 bridgehead atoms. The minimum absolute atomic E-state index is 0.340. The highest BCUT2D eigenvalue weighted by Gasteiger charge is 2.04. The maximum absolute atomic E-state index is 11.3. The molecule has 0 saturated carbocycles. The topological polar surface area (TPSA) is 26.3 Å². The summed E-state index contributed by atoms with van der Waals surface area (Å²) in [4.78, 5) is 11.3. The molecule has 0 aliphatic rings. The number of esters is 1. The molecular formula is C17H15ClO2. The zero-order valence-electron chi connectivity index (χ0n) is 11.2. The lowest BCUT2D eigenvalue weighted by Crippen LogP contribution is -1.99. The van der Waals surface area contributed by atoms with E-state index in [1.54, 1.807) is 6.92 Å². The monoisotopic (exact) mass is 286 g/mol. The number of hydrogen-bond donors (Lipinski definition) is 0. The summed E-state index contributed by atoms with van der Waals surface area (Å²) in [5.74, 6) is -0.426. The SMILES string of the molecule is CCOC(=O)C=C(Cl)c1ccc(-c2ccccc2)cc1. The average molecular weight is 287 g/mol. The van der Waals surface area contributed by atoms with E-state index in [4.69, 9.17) is 16.3 Å². The van der Waals surface area contributed by atoms with Crippen LogP contribution in [0.4, 0.5) is 0 Å². The smallest absolute Gasteiger partial charge is 0.332 e. The summed E-state index contributed by atoms with van der Waals surface area (Å²) in [5, 5.41) is 0.378. The Labute approximate surface area is 123 Å². The first-order chi connectivity index (χ1) is 9.70. The van der Waals surface area contributed by atoms with Gasteiger partial charge in [-0.25, -0.2) is 4.79 Å². The second-order valence-electron chi connectivity index (χ2n) is 4.19. The fourth-order valence-corrected chi connectivity index (χ4v) is 2.04. The molecule has 102 valence electrons. The number of carbonyl (C=O) groups is 1. The van der Waals surface area contributed by atoms with E-state index < -0.39 is 5.97 Å². The van der Waals surface area contributed by atoms with Gasteiger partial charge in [0.25, 0.3) is 0 Å². The molecule has 0 aliphatic carbocycles. The van der Waals surface area contributed by atoms with Crippen LogP contribution in [0.1, 0.15) is 12.5 Å². The van der Waals surface area contributed by atoms with Crippen molar-refractivity contribution in [1.29, 1.82) is 0 Å². The summed E-state index contributed by atoms with van der Waals surface area (Å²) in [6.45, 7) is 2.10. The highest BCUT2D eigenvalue weighted by molar-refractivity contribution is 6.50. The van der Waals surface area contributed by atoms with Crippen LogP contribution in [0.25, 0.3) is 16.2 Å². The largest absolute Gasteiger partial charge is 0.463 e. The Balaban J connectivity index is 2.18. The Morgan fingerprint density at radius 3 is 2.25 bits per heavy atom. The van der Waals surface area contributed by atoms with E-state index in [0.29, 0.717) is 11.6 Å². The fraction of sp³-hybridized carbons (Fsp3) is 0.118. The zero-order chi connectivity index (χ0) is 14.4. The normalized spacial score (nSPS) is 11.2. The van der Waals surface area contributed by atoms with Crippen LogP contribution in [0.2, 0.25) is 0 Å². The molecule has 2 aromatic carbocycles. The van der Waals surface area contributed by atoms with Crippen LogP contribution in [0.5, 0.6) is 0 Å². The Kier molecular flexibility index (Phi) is 4.97. The predicted octanol–water partition coefficient (Wildman–Crippen LogP) is 4.50. The van der Waals surface area contributed by atoms with Gasteiger partial charge in [-0.2, -0.15) is 0 Å². The maximum Gasteiger partial charge on any atom is 0.332 e. The number of benzene rings is 2. The van der Waals surface area contributed by atoms with Gasteiger partial charge in [-0.1, -0.05) is 66.2 Å². The van der Waals surface area contributed by atoms with E-state index in [-0.39, 0.29) is 0 Å². The van der Waals surface area contributed by atoms with Gasteiger partial charge in [-0.3, -0.25) is 0 Å². The summed E-state index contributed by atoms with van der Waals surface area (Å²) in [7, 11) is 0. The van der Waals surface area contributed by atoms with E-state index in [9.17, 15) is 4.79 Å². The summed E-state index contributed by atoms with van der Waals surface area (Å²) in [5.41, 5.74) is 3.04. The molecule has 2 nitrogen and oxygen atoms in total. The third kappa shape index (κ3) is 3.72. The summed E-state index contributed by atoms with van der Waals surface area (Å²) >= 11 is 6.10. The summed E-state index contributed by atoms with van der Waals surface area (Å²) in [6.07, 6.45) is 1.29. The van der Waals surface area contributed by atoms with Crippen molar-refractivity contribution in [1.82, 2.24) is 0 Å². The van der Waals surface area contributed by atoms with Gasteiger partial charge in [0.05, 0.1) is 11.6 Å². The molecule has 0 aromatic heterocycles. The zero-order valence-corrected chi connectivity index (χ0v) is 11.9. The number of rotatable bonds is 4. The molecule has 2 aromatic rings. The van der Waals surface area contributed by atoms with E-state index in [1.807, 2.05) is 54.6 Å². The molecule has 20 heavy (non-hydrogen) atoms. The van der Waals surface area contributed by atoms with Crippen LogP contribution in [0.15, 0.2) is 60.7 Å². The second kappa shape index (κ2) is 6.92. The van der Waals surface area contributed by atoms with Crippen molar-refractivity contribution in [3.63, 3.8) is 0 Å². The van der Waals surface area contributed by atoms with E-state index in [2.05, 4.69) is 0 Å². The summed E-state index contributed by atoms with van der Waals surface area (Å²) in [6, 6.07) is 17.8. The minimum Gasteiger partial charge on any atom is -0.463 e. The van der Waals surface area contributed by atoms with Gasteiger partial charge < -0.3 is 4.74 Å². The van der Waals surface area contributed by atoms with Crippen molar-refractivity contribution in [3.8, 4) is 11.1 Å². The van der Waals surface area contributed by atoms with E-state index >= 15 is 0 Å². The quantitative estimate of drug-likeness (QED) is 0.611. The van der Waals surface area contributed by atoms with Crippen LogP contribution in [0.3, 0.4) is 0 Å². The van der Waals surface area contributed by atoms with Gasteiger partial charge in [-0.05, 0) is 23.6 Å². The first kappa shape index (κ1) is 14.4. The van der Waals surface area contributed by atoms with Crippen molar-refractivity contribution in [2.45, 2.75) is 6.92 Å². The molecule has 0 atom stereocenters. The molecular weight excluding hydrogens is 272 g/mol. The molecule has 0 saturated heterocycles. The number of carbonyl (C=O) groups excluding carboxylic acids is 1.